The van der Waals surface area contributed by atoms with Crippen LogP contribution >= 0.6 is 0 Å². The first-order chi connectivity index (χ1) is 16.8. The Balaban J connectivity index is 1.59. The zero-order chi connectivity index (χ0) is 24.9. The van der Waals surface area contributed by atoms with Gasteiger partial charge in [0.05, 0.1) is 22.8 Å². The number of para-hydroxylation sites is 1. The number of carbonyl (C=O) groups excluding carboxylic acids is 3. The van der Waals surface area contributed by atoms with Crippen molar-refractivity contribution in [1.29, 1.82) is 0 Å². The van der Waals surface area contributed by atoms with Crippen molar-refractivity contribution in [1.82, 2.24) is 4.90 Å². The number of Topliss-reactive ketones (excluding diaryl/α,β-unsaturated/α-hetero) is 1. The fraction of sp³-hybridized carbons (Fsp3) is 0.346. The molecule has 0 spiro atoms. The van der Waals surface area contributed by atoms with Gasteiger partial charge in [0.15, 0.2) is 5.78 Å². The van der Waals surface area contributed by atoms with E-state index in [0.717, 1.165) is 16.8 Å². The summed E-state index contributed by atoms with van der Waals surface area (Å²) in [4.78, 5) is 54.7. The van der Waals surface area contributed by atoms with Crippen LogP contribution in [0.5, 0.6) is 0 Å². The van der Waals surface area contributed by atoms with Gasteiger partial charge in [0.1, 0.15) is 6.04 Å². The smallest absolute Gasteiger partial charge is 0.269 e. The first kappa shape index (κ1) is 22.9. The number of rotatable bonds is 7. The number of likely N-dealkylation sites (tertiary alicyclic amines) is 1. The second-order valence-corrected chi connectivity index (χ2v) is 9.10. The van der Waals surface area contributed by atoms with E-state index in [-0.39, 0.29) is 35.4 Å². The molecule has 180 valence electrons. The largest absolute Gasteiger partial charge is 0.385 e. The minimum atomic E-state index is -0.902. The van der Waals surface area contributed by atoms with Gasteiger partial charge in [0.2, 0.25) is 11.8 Å². The second-order valence-electron chi connectivity index (χ2n) is 9.10. The lowest BCUT2D eigenvalue weighted by molar-refractivity contribution is -0.384. The topological polar surface area (TPSA) is 110 Å². The van der Waals surface area contributed by atoms with Crippen LogP contribution in [0, 0.1) is 22.0 Å². The summed E-state index contributed by atoms with van der Waals surface area (Å²) in [6, 6.07) is 11.7. The number of nitrogens with zero attached hydrogens (tertiary/aromatic N) is 3. The zero-order valence-corrected chi connectivity index (χ0v) is 19.4. The van der Waals surface area contributed by atoms with E-state index in [9.17, 15) is 24.5 Å². The third-order valence-corrected chi connectivity index (χ3v) is 7.21. The van der Waals surface area contributed by atoms with E-state index in [0.29, 0.717) is 13.0 Å². The molecule has 2 fully saturated rings. The highest BCUT2D eigenvalue weighted by Crippen LogP contribution is 2.50. The quantitative estimate of drug-likeness (QED) is 0.199. The van der Waals surface area contributed by atoms with Crippen LogP contribution in [-0.2, 0) is 14.3 Å². The fourth-order valence-corrected chi connectivity index (χ4v) is 5.66. The van der Waals surface area contributed by atoms with Gasteiger partial charge in [-0.3, -0.25) is 29.4 Å². The van der Waals surface area contributed by atoms with Crippen LogP contribution in [0.1, 0.15) is 29.3 Å². The number of hydrogen-bond donors (Lipinski definition) is 0. The van der Waals surface area contributed by atoms with Gasteiger partial charge in [0, 0.05) is 49.2 Å². The number of nitro groups is 1. The van der Waals surface area contributed by atoms with Gasteiger partial charge in [-0.2, -0.15) is 0 Å². The number of carbonyl (C=O) groups is 3. The highest BCUT2D eigenvalue weighted by Gasteiger charge is 2.64. The normalized spacial score (nSPS) is 24.7. The van der Waals surface area contributed by atoms with E-state index in [1.165, 1.54) is 29.2 Å². The lowest BCUT2D eigenvalue weighted by Crippen LogP contribution is -2.49. The average Bonchev–Trinajstić information content (AvgIpc) is 3.32. The molecule has 2 saturated heterocycles. The highest BCUT2D eigenvalue weighted by atomic mass is 16.6. The molecule has 3 heterocycles. The summed E-state index contributed by atoms with van der Waals surface area (Å²) in [7, 11) is 1.56. The molecule has 4 atom stereocenters. The van der Waals surface area contributed by atoms with Crippen LogP contribution in [0.4, 0.5) is 11.4 Å². The molecule has 3 aliphatic rings. The standard InChI is InChI=1S/C26H25N3O6/c1-15-14-20-21-22(26(32)27(25(21)31)12-5-13-35-2)23(28(20)19-7-4-3-6-18(15)19)24(30)16-8-10-17(11-9-16)29(33)34/h3-4,6-11,14,20-23H,5,12-13H2,1-2H3. The number of hydrogen-bond acceptors (Lipinski definition) is 7. The van der Waals surface area contributed by atoms with Crippen molar-refractivity contribution in [3.8, 4) is 0 Å². The minimum absolute atomic E-state index is 0.123. The fourth-order valence-electron chi connectivity index (χ4n) is 5.66. The summed E-state index contributed by atoms with van der Waals surface area (Å²) >= 11 is 0. The van der Waals surface area contributed by atoms with Gasteiger partial charge in [0.25, 0.3) is 5.69 Å². The van der Waals surface area contributed by atoms with Crippen LogP contribution in [0.25, 0.3) is 5.57 Å². The number of non-ortho nitro benzene ring substituents is 1. The van der Waals surface area contributed by atoms with Crippen LogP contribution in [0.3, 0.4) is 0 Å². The van der Waals surface area contributed by atoms with Crippen molar-refractivity contribution in [2.24, 2.45) is 11.8 Å². The average molecular weight is 476 g/mol. The Kier molecular flexibility index (Phi) is 5.72. The first-order valence-electron chi connectivity index (χ1n) is 11.5. The Bertz CT molecular complexity index is 1250. The second kappa shape index (κ2) is 8.74. The van der Waals surface area contributed by atoms with Crippen LogP contribution < -0.4 is 4.90 Å². The summed E-state index contributed by atoms with van der Waals surface area (Å²) in [6.45, 7) is 2.62. The van der Waals surface area contributed by atoms with E-state index in [1.54, 1.807) is 7.11 Å². The first-order valence-corrected chi connectivity index (χ1v) is 11.5. The van der Waals surface area contributed by atoms with Crippen LogP contribution in [0.15, 0.2) is 54.6 Å². The SMILES string of the molecule is COCCCN1C(=O)C2C(C1=O)C(C(=O)c1ccc([N+](=O)[O-])cc1)N1c3ccccc3C(C)=CC21. The number of methoxy groups -OCH3 is 1. The van der Waals surface area contributed by atoms with Crippen molar-refractivity contribution < 1.29 is 24.0 Å². The van der Waals surface area contributed by atoms with Gasteiger partial charge in [-0.15, -0.1) is 0 Å². The molecular weight excluding hydrogens is 450 g/mol. The lowest BCUT2D eigenvalue weighted by atomic mass is 9.85. The predicted molar refractivity (Wildman–Crippen MR) is 128 cm³/mol. The van der Waals surface area contributed by atoms with E-state index in [4.69, 9.17) is 4.74 Å². The molecule has 35 heavy (non-hydrogen) atoms. The van der Waals surface area contributed by atoms with Crippen molar-refractivity contribution in [2.45, 2.75) is 25.4 Å². The molecular formula is C26H25N3O6. The Hall–Kier alpha value is -3.85. The van der Waals surface area contributed by atoms with E-state index in [2.05, 4.69) is 0 Å². The van der Waals surface area contributed by atoms with Crippen LogP contribution in [0.2, 0.25) is 0 Å². The molecule has 0 saturated carbocycles. The Morgan fingerprint density at radius 3 is 2.43 bits per heavy atom. The molecule has 2 amide bonds. The predicted octanol–water partition coefficient (Wildman–Crippen LogP) is 3.09. The molecule has 0 aliphatic carbocycles. The molecule has 4 unspecified atom stereocenters. The third kappa shape index (κ3) is 3.54. The number of fused-ring (bicyclic) bond motifs is 5. The zero-order valence-electron chi connectivity index (χ0n) is 19.4. The van der Waals surface area contributed by atoms with Crippen molar-refractivity contribution in [3.05, 3.63) is 75.8 Å². The number of allylic oxidation sites excluding steroid dienone is 1. The molecule has 2 aromatic rings. The lowest BCUT2D eigenvalue weighted by Gasteiger charge is -2.38. The molecule has 5 rings (SSSR count). The monoisotopic (exact) mass is 475 g/mol. The molecule has 9 nitrogen and oxygen atoms in total. The number of nitro benzene ring substituents is 1. The van der Waals surface area contributed by atoms with Gasteiger partial charge >= 0.3 is 0 Å². The Labute approximate surface area is 202 Å². The summed E-state index contributed by atoms with van der Waals surface area (Å²) in [5, 5.41) is 11.1. The number of imide groups is 1. The van der Waals surface area contributed by atoms with Crippen molar-refractivity contribution >= 4 is 34.5 Å². The molecule has 2 aromatic carbocycles. The molecule has 0 radical (unpaired) electrons. The number of anilines is 1. The van der Waals surface area contributed by atoms with Gasteiger partial charge in [-0.1, -0.05) is 24.3 Å². The van der Waals surface area contributed by atoms with Crippen molar-refractivity contribution in [2.75, 3.05) is 25.2 Å². The third-order valence-electron chi connectivity index (χ3n) is 7.21. The number of amides is 2. The maximum absolute atomic E-state index is 13.9. The van der Waals surface area contributed by atoms with Gasteiger partial charge in [-0.05, 0) is 37.1 Å². The van der Waals surface area contributed by atoms with Crippen molar-refractivity contribution in [3.63, 3.8) is 0 Å². The number of ether oxygens (including phenoxy) is 1. The highest BCUT2D eigenvalue weighted by molar-refractivity contribution is 6.14. The molecule has 0 N–H and O–H groups in total. The van der Waals surface area contributed by atoms with Gasteiger partial charge in [-0.25, -0.2) is 0 Å². The number of benzene rings is 2. The van der Waals surface area contributed by atoms with E-state index in [1.807, 2.05) is 42.2 Å². The summed E-state index contributed by atoms with van der Waals surface area (Å²) < 4.78 is 5.08. The molecule has 0 aromatic heterocycles. The summed E-state index contributed by atoms with van der Waals surface area (Å²) in [5.74, 6) is -2.48. The van der Waals surface area contributed by atoms with E-state index >= 15 is 0 Å². The Morgan fingerprint density at radius 2 is 1.74 bits per heavy atom. The minimum Gasteiger partial charge on any atom is -0.385 e. The van der Waals surface area contributed by atoms with Crippen LogP contribution in [-0.4, -0.2) is 59.8 Å². The molecule has 3 aliphatic heterocycles. The van der Waals surface area contributed by atoms with Gasteiger partial charge < -0.3 is 9.64 Å². The maximum Gasteiger partial charge on any atom is 0.269 e. The molecule has 0 bridgehead atoms. The maximum atomic E-state index is 13.9. The Morgan fingerprint density at radius 1 is 1.06 bits per heavy atom. The molecule has 9 heteroatoms. The summed E-state index contributed by atoms with van der Waals surface area (Å²) in [6.07, 6.45) is 2.49. The number of ketones is 1. The summed E-state index contributed by atoms with van der Waals surface area (Å²) in [5.41, 5.74) is 2.88. The van der Waals surface area contributed by atoms with E-state index < -0.39 is 28.8 Å².